The molecule has 0 radical (unpaired) electrons. The predicted octanol–water partition coefficient (Wildman–Crippen LogP) is -1.94. The van der Waals surface area contributed by atoms with Crippen LogP contribution in [-0.4, -0.2) is 40.0 Å². The molecule has 0 fully saturated rings. The minimum atomic E-state index is -1.81. The van der Waals surface area contributed by atoms with Crippen LogP contribution in [0.1, 0.15) is 0 Å². The predicted molar refractivity (Wildman–Crippen MR) is 29.3 cm³/mol. The van der Waals surface area contributed by atoms with Crippen molar-refractivity contribution in [3.05, 3.63) is 0 Å². The van der Waals surface area contributed by atoms with Gasteiger partial charge in [-0.05, 0) is 0 Å². The molecule has 0 saturated carbocycles. The topological polar surface area (TPSA) is 107 Å². The number of aliphatic hydroxyl groups excluding tert-OH is 1. The van der Waals surface area contributed by atoms with Crippen molar-refractivity contribution in [2.24, 2.45) is 0 Å². The Morgan fingerprint density at radius 2 is 1.82 bits per heavy atom. The van der Waals surface area contributed by atoms with Crippen molar-refractivity contribution >= 4 is 11.9 Å². The zero-order valence-electron chi connectivity index (χ0n) is 5.65. The van der Waals surface area contributed by atoms with Crippen molar-refractivity contribution in [3.8, 4) is 0 Å². The van der Waals surface area contributed by atoms with E-state index in [4.69, 9.17) is 15.3 Å². The normalized spacial score (nSPS) is 11.4. The fraction of sp³-hybridized carbons (Fsp3) is 0.500. The van der Waals surface area contributed by atoms with Crippen LogP contribution in [0.4, 0.5) is 0 Å². The third-order valence-electron chi connectivity index (χ3n) is 0.681. The second kappa shape index (κ2) is 6.21. The van der Waals surface area contributed by atoms with Crippen molar-refractivity contribution in [2.45, 2.75) is 6.23 Å². The molecule has 1 atom stereocenters. The van der Waals surface area contributed by atoms with Crippen LogP contribution >= 0.6 is 0 Å². The number of aliphatic carboxylic acids is 2. The van der Waals surface area contributed by atoms with Gasteiger partial charge in [-0.3, -0.25) is 10.1 Å². The number of carbonyl (C=O) groups is 2. The number of rotatable bonds is 4. The van der Waals surface area contributed by atoms with E-state index in [0.29, 0.717) is 0 Å². The Morgan fingerprint density at radius 1 is 1.36 bits per heavy atom. The van der Waals surface area contributed by atoms with Gasteiger partial charge in [0.15, 0.2) is 0 Å². The monoisotopic (exact) mass is 213 g/mol. The first-order valence-corrected chi connectivity index (χ1v) is 2.40. The molecule has 0 aliphatic rings. The molecule has 0 aliphatic heterocycles. The number of aliphatic hydroxyl groups is 1. The van der Waals surface area contributed by atoms with Crippen LogP contribution in [0, 0.1) is 0 Å². The summed E-state index contributed by atoms with van der Waals surface area (Å²) in [5.41, 5.74) is 0. The van der Waals surface area contributed by atoms with E-state index in [-0.39, 0.29) is 19.5 Å². The van der Waals surface area contributed by atoms with Crippen LogP contribution in [0.15, 0.2) is 0 Å². The minimum absolute atomic E-state index is 0. The van der Waals surface area contributed by atoms with Gasteiger partial charge < -0.3 is 15.3 Å². The Labute approximate surface area is 75.0 Å². The second-order valence-electron chi connectivity index (χ2n) is 1.52. The van der Waals surface area contributed by atoms with E-state index < -0.39 is 24.7 Å². The van der Waals surface area contributed by atoms with Crippen LogP contribution in [0.5, 0.6) is 0 Å². The SMILES string of the molecule is O=C(O)CNC(O)C(=O)O.[Zn]. The van der Waals surface area contributed by atoms with E-state index >= 15 is 0 Å². The van der Waals surface area contributed by atoms with Gasteiger partial charge in [-0.15, -0.1) is 0 Å². The fourth-order valence-electron chi connectivity index (χ4n) is 0.271. The van der Waals surface area contributed by atoms with Crippen molar-refractivity contribution in [2.75, 3.05) is 6.54 Å². The summed E-state index contributed by atoms with van der Waals surface area (Å²) >= 11 is 0. The Kier molecular flexibility index (Phi) is 7.40. The standard InChI is InChI=1S/C4H7NO5.Zn/c6-2(7)1-5-3(8)4(9)10;/h3,5,8H,1H2,(H,6,7)(H,9,10);. The molecule has 7 heteroatoms. The molecular formula is C4H7NO5Zn. The summed E-state index contributed by atoms with van der Waals surface area (Å²) in [6, 6.07) is 0. The van der Waals surface area contributed by atoms with Crippen LogP contribution in [0.25, 0.3) is 0 Å². The maximum Gasteiger partial charge on any atom is 0.347 e. The Morgan fingerprint density at radius 3 is 2.09 bits per heavy atom. The summed E-state index contributed by atoms with van der Waals surface area (Å²) in [6.45, 7) is -0.576. The summed E-state index contributed by atoms with van der Waals surface area (Å²) in [5.74, 6) is -2.72. The van der Waals surface area contributed by atoms with Crippen molar-refractivity contribution < 1.29 is 44.4 Å². The van der Waals surface area contributed by atoms with Gasteiger partial charge >= 0.3 is 11.9 Å². The van der Waals surface area contributed by atoms with Gasteiger partial charge in [0.25, 0.3) is 0 Å². The summed E-state index contributed by atoms with van der Waals surface area (Å²) in [7, 11) is 0. The first kappa shape index (κ1) is 13.1. The first-order chi connectivity index (χ1) is 4.54. The third kappa shape index (κ3) is 7.38. The first-order valence-electron chi connectivity index (χ1n) is 2.40. The van der Waals surface area contributed by atoms with Gasteiger partial charge in [-0.25, -0.2) is 4.79 Å². The Bertz CT molecular complexity index is 149. The molecule has 0 aromatic rings. The molecule has 1 unspecified atom stereocenters. The third-order valence-corrected chi connectivity index (χ3v) is 0.681. The number of nitrogens with one attached hydrogen (secondary N) is 1. The largest absolute Gasteiger partial charge is 0.480 e. The van der Waals surface area contributed by atoms with E-state index in [1.807, 2.05) is 5.32 Å². The van der Waals surface area contributed by atoms with Gasteiger partial charge in [-0.1, -0.05) is 0 Å². The maximum atomic E-state index is 9.81. The van der Waals surface area contributed by atoms with Gasteiger partial charge in [0.05, 0.1) is 6.54 Å². The summed E-state index contributed by atoms with van der Waals surface area (Å²) in [5, 5.41) is 26.2. The molecule has 0 aromatic heterocycles. The number of carboxylic acids is 2. The maximum absolute atomic E-state index is 9.81. The molecule has 0 saturated heterocycles. The molecule has 60 valence electrons. The van der Waals surface area contributed by atoms with Gasteiger partial charge in [0.1, 0.15) is 0 Å². The van der Waals surface area contributed by atoms with Crippen LogP contribution in [0.3, 0.4) is 0 Å². The number of hydrogen-bond acceptors (Lipinski definition) is 4. The number of hydrogen-bond donors (Lipinski definition) is 4. The van der Waals surface area contributed by atoms with Crippen molar-refractivity contribution in [3.63, 3.8) is 0 Å². The molecule has 0 aromatic carbocycles. The molecule has 0 heterocycles. The summed E-state index contributed by atoms with van der Waals surface area (Å²) < 4.78 is 0. The summed E-state index contributed by atoms with van der Waals surface area (Å²) in [6.07, 6.45) is -1.81. The van der Waals surface area contributed by atoms with Gasteiger partial charge in [0, 0.05) is 19.5 Å². The molecule has 4 N–H and O–H groups in total. The van der Waals surface area contributed by atoms with Crippen LogP contribution in [0.2, 0.25) is 0 Å². The number of carboxylic acid groups (broad SMARTS) is 2. The zero-order valence-corrected chi connectivity index (χ0v) is 8.62. The van der Waals surface area contributed by atoms with Crippen molar-refractivity contribution in [1.29, 1.82) is 0 Å². The fourth-order valence-corrected chi connectivity index (χ4v) is 0.271. The van der Waals surface area contributed by atoms with E-state index in [1.165, 1.54) is 0 Å². The molecule has 0 spiro atoms. The molecule has 0 bridgehead atoms. The van der Waals surface area contributed by atoms with Crippen LogP contribution in [-0.2, 0) is 29.1 Å². The van der Waals surface area contributed by atoms with E-state index in [1.54, 1.807) is 0 Å². The quantitative estimate of drug-likeness (QED) is 0.320. The summed E-state index contributed by atoms with van der Waals surface area (Å²) in [4.78, 5) is 19.6. The Balaban J connectivity index is 0. The Hall–Kier alpha value is -0.517. The van der Waals surface area contributed by atoms with Crippen LogP contribution < -0.4 is 5.32 Å². The average molecular weight is 214 g/mol. The molecule has 11 heavy (non-hydrogen) atoms. The van der Waals surface area contributed by atoms with E-state index in [0.717, 1.165) is 0 Å². The molecule has 0 aliphatic carbocycles. The van der Waals surface area contributed by atoms with E-state index in [2.05, 4.69) is 0 Å². The zero-order chi connectivity index (χ0) is 8.15. The van der Waals surface area contributed by atoms with Gasteiger partial charge in [0.2, 0.25) is 6.23 Å². The van der Waals surface area contributed by atoms with Crippen molar-refractivity contribution in [1.82, 2.24) is 5.32 Å². The molecule has 0 rings (SSSR count). The molecule has 6 nitrogen and oxygen atoms in total. The average Bonchev–Trinajstić information content (AvgIpc) is 1.82. The van der Waals surface area contributed by atoms with Gasteiger partial charge in [-0.2, -0.15) is 0 Å². The van der Waals surface area contributed by atoms with E-state index in [9.17, 15) is 9.59 Å². The molecule has 0 amide bonds. The smallest absolute Gasteiger partial charge is 0.347 e. The second-order valence-corrected chi connectivity index (χ2v) is 1.52. The molecular weight excluding hydrogens is 207 g/mol. The minimum Gasteiger partial charge on any atom is -0.480 e.